The number of aromatic nitrogens is 2. The van der Waals surface area contributed by atoms with Crippen molar-refractivity contribution < 1.29 is 14.3 Å². The number of nitrogens with zero attached hydrogens (tertiary/aromatic N) is 2. The normalized spacial score (nSPS) is 11.2. The second-order valence-electron chi connectivity index (χ2n) is 5.89. The number of benzene rings is 2. The van der Waals surface area contributed by atoms with Crippen molar-refractivity contribution in [3.8, 4) is 22.8 Å². The lowest BCUT2D eigenvalue weighted by Crippen LogP contribution is -2.19. The smallest absolute Gasteiger partial charge is 0.289 e. The summed E-state index contributed by atoms with van der Waals surface area (Å²) in [6, 6.07) is 14.8. The van der Waals surface area contributed by atoms with E-state index in [0.29, 0.717) is 28.6 Å². The van der Waals surface area contributed by atoms with Gasteiger partial charge in [0.2, 0.25) is 0 Å². The molecule has 3 aromatic rings. The summed E-state index contributed by atoms with van der Waals surface area (Å²) in [5.41, 5.74) is 5.84. The van der Waals surface area contributed by atoms with Crippen LogP contribution in [0.5, 0.6) is 11.5 Å². The van der Waals surface area contributed by atoms with Crippen LogP contribution in [0.1, 0.15) is 23.0 Å². The molecule has 0 saturated heterocycles. The number of hydrogen-bond donors (Lipinski definition) is 2. The first kappa shape index (κ1) is 19.6. The summed E-state index contributed by atoms with van der Waals surface area (Å²) >= 11 is 3.42. The largest absolute Gasteiger partial charge is 0.493 e. The fourth-order valence-corrected chi connectivity index (χ4v) is 2.95. The van der Waals surface area contributed by atoms with Gasteiger partial charge in [0.25, 0.3) is 5.91 Å². The van der Waals surface area contributed by atoms with Crippen LogP contribution in [-0.2, 0) is 0 Å². The van der Waals surface area contributed by atoms with E-state index in [1.165, 1.54) is 0 Å². The summed E-state index contributed by atoms with van der Waals surface area (Å²) in [6.45, 7) is 1.82. The van der Waals surface area contributed by atoms with Crippen molar-refractivity contribution in [3.05, 3.63) is 64.3 Å². The third-order valence-electron chi connectivity index (χ3n) is 4.07. The Labute approximate surface area is 170 Å². The minimum atomic E-state index is -0.381. The molecule has 2 N–H and O–H groups in total. The monoisotopic (exact) mass is 442 g/mol. The minimum absolute atomic E-state index is 0.301. The molecule has 0 spiro atoms. The highest BCUT2D eigenvalue weighted by molar-refractivity contribution is 9.10. The topological polar surface area (TPSA) is 88.6 Å². The number of carbonyl (C=O) groups excluding carboxylic acids is 1. The Balaban J connectivity index is 1.75. The third kappa shape index (κ3) is 4.40. The molecule has 0 unspecified atom stereocenters. The molecule has 0 radical (unpaired) electrons. The van der Waals surface area contributed by atoms with Crippen LogP contribution in [0.25, 0.3) is 11.3 Å². The lowest BCUT2D eigenvalue weighted by molar-refractivity contribution is 0.0950. The van der Waals surface area contributed by atoms with Gasteiger partial charge in [0, 0.05) is 10.0 Å². The fraction of sp³-hybridized carbons (Fsp3) is 0.150. The van der Waals surface area contributed by atoms with Gasteiger partial charge in [-0.2, -0.15) is 10.2 Å². The lowest BCUT2D eigenvalue weighted by Gasteiger charge is -2.08. The highest BCUT2D eigenvalue weighted by Crippen LogP contribution is 2.31. The number of methoxy groups -OCH3 is 2. The molecule has 1 amide bonds. The zero-order valence-electron chi connectivity index (χ0n) is 15.6. The summed E-state index contributed by atoms with van der Waals surface area (Å²) in [6.07, 6.45) is 0. The zero-order valence-corrected chi connectivity index (χ0v) is 17.2. The van der Waals surface area contributed by atoms with Crippen molar-refractivity contribution in [2.24, 2.45) is 5.10 Å². The van der Waals surface area contributed by atoms with Gasteiger partial charge in [-0.25, -0.2) is 5.43 Å². The van der Waals surface area contributed by atoms with Crippen molar-refractivity contribution in [2.45, 2.75) is 6.92 Å². The van der Waals surface area contributed by atoms with E-state index in [0.717, 1.165) is 15.6 Å². The van der Waals surface area contributed by atoms with E-state index in [-0.39, 0.29) is 5.91 Å². The van der Waals surface area contributed by atoms with E-state index >= 15 is 0 Å². The van der Waals surface area contributed by atoms with Crippen LogP contribution in [0.15, 0.2) is 58.1 Å². The van der Waals surface area contributed by atoms with Gasteiger partial charge in [0.05, 0.1) is 25.6 Å². The van der Waals surface area contributed by atoms with Crippen LogP contribution < -0.4 is 14.9 Å². The maximum atomic E-state index is 12.4. The molecule has 1 aromatic heterocycles. The Kier molecular flexibility index (Phi) is 6.10. The molecule has 2 aromatic carbocycles. The number of H-pyrrole nitrogens is 1. The molecule has 28 heavy (non-hydrogen) atoms. The standard InChI is InChI=1S/C20H19BrN4O3/c1-12(13-5-4-6-15(21)9-13)22-25-20(26)17-11-16(23-24-17)14-7-8-18(27-2)19(10-14)28-3/h4-11H,1-3H3,(H,23,24)(H,25,26). The highest BCUT2D eigenvalue weighted by Gasteiger charge is 2.13. The molecule has 1 heterocycles. The predicted molar refractivity (Wildman–Crippen MR) is 111 cm³/mol. The van der Waals surface area contributed by atoms with Crippen LogP contribution in [0.2, 0.25) is 0 Å². The van der Waals surface area contributed by atoms with Crippen LogP contribution in [0.3, 0.4) is 0 Å². The van der Waals surface area contributed by atoms with E-state index in [1.54, 1.807) is 32.4 Å². The minimum Gasteiger partial charge on any atom is -0.493 e. The van der Waals surface area contributed by atoms with Gasteiger partial charge in [-0.1, -0.05) is 28.1 Å². The molecule has 0 bridgehead atoms. The van der Waals surface area contributed by atoms with Crippen molar-refractivity contribution in [1.29, 1.82) is 0 Å². The average Bonchev–Trinajstić information content (AvgIpc) is 3.21. The first-order valence-electron chi connectivity index (χ1n) is 8.40. The molecule has 0 fully saturated rings. The second kappa shape index (κ2) is 8.71. The Morgan fingerprint density at radius 1 is 1.11 bits per heavy atom. The van der Waals surface area contributed by atoms with Gasteiger partial charge >= 0.3 is 0 Å². The van der Waals surface area contributed by atoms with Crippen molar-refractivity contribution in [1.82, 2.24) is 15.6 Å². The van der Waals surface area contributed by atoms with Gasteiger partial charge < -0.3 is 9.47 Å². The van der Waals surface area contributed by atoms with E-state index in [2.05, 4.69) is 36.7 Å². The molecule has 0 aliphatic heterocycles. The summed E-state index contributed by atoms with van der Waals surface area (Å²) in [7, 11) is 3.14. The van der Waals surface area contributed by atoms with Gasteiger partial charge in [0.1, 0.15) is 5.69 Å². The fourth-order valence-electron chi connectivity index (χ4n) is 2.55. The van der Waals surface area contributed by atoms with Crippen molar-refractivity contribution >= 4 is 27.5 Å². The quantitative estimate of drug-likeness (QED) is 0.445. The first-order valence-corrected chi connectivity index (χ1v) is 9.19. The van der Waals surface area contributed by atoms with Crippen molar-refractivity contribution in [2.75, 3.05) is 14.2 Å². The summed E-state index contributed by atoms with van der Waals surface area (Å²) < 4.78 is 11.5. The molecule has 144 valence electrons. The lowest BCUT2D eigenvalue weighted by atomic mass is 10.1. The van der Waals surface area contributed by atoms with Crippen LogP contribution >= 0.6 is 15.9 Å². The molecular formula is C20H19BrN4O3. The summed E-state index contributed by atoms with van der Waals surface area (Å²) in [5.74, 6) is 0.828. The molecule has 0 saturated carbocycles. The average molecular weight is 443 g/mol. The van der Waals surface area contributed by atoms with Crippen LogP contribution in [-0.4, -0.2) is 36.0 Å². The number of hydrogen-bond acceptors (Lipinski definition) is 5. The number of rotatable bonds is 6. The maximum absolute atomic E-state index is 12.4. The van der Waals surface area contributed by atoms with Gasteiger partial charge in [-0.3, -0.25) is 9.89 Å². The number of nitrogens with one attached hydrogen (secondary N) is 2. The van der Waals surface area contributed by atoms with Gasteiger partial charge in [0.15, 0.2) is 11.5 Å². The van der Waals surface area contributed by atoms with E-state index in [9.17, 15) is 4.79 Å². The number of carbonyl (C=O) groups is 1. The van der Waals surface area contributed by atoms with E-state index < -0.39 is 0 Å². The Bertz CT molecular complexity index is 1030. The predicted octanol–water partition coefficient (Wildman–Crippen LogP) is 4.01. The number of ether oxygens (including phenoxy) is 2. The van der Waals surface area contributed by atoms with Crippen LogP contribution in [0, 0.1) is 0 Å². The Morgan fingerprint density at radius 2 is 1.89 bits per heavy atom. The molecular weight excluding hydrogens is 424 g/mol. The van der Waals surface area contributed by atoms with Crippen molar-refractivity contribution in [3.63, 3.8) is 0 Å². The van der Waals surface area contributed by atoms with Gasteiger partial charge in [-0.15, -0.1) is 0 Å². The third-order valence-corrected chi connectivity index (χ3v) is 4.56. The number of hydrazone groups is 1. The van der Waals surface area contributed by atoms with E-state index in [4.69, 9.17) is 9.47 Å². The van der Waals surface area contributed by atoms with Gasteiger partial charge in [-0.05, 0) is 48.9 Å². The van der Waals surface area contributed by atoms with Crippen LogP contribution in [0.4, 0.5) is 0 Å². The Hall–Kier alpha value is -3.13. The molecule has 0 atom stereocenters. The number of amides is 1. The molecule has 0 aliphatic rings. The summed E-state index contributed by atoms with van der Waals surface area (Å²) in [5, 5.41) is 11.1. The maximum Gasteiger partial charge on any atom is 0.289 e. The summed E-state index contributed by atoms with van der Waals surface area (Å²) in [4.78, 5) is 12.4. The molecule has 0 aliphatic carbocycles. The highest BCUT2D eigenvalue weighted by atomic mass is 79.9. The SMILES string of the molecule is COc1ccc(-c2cc(C(=O)NN=C(C)c3cccc(Br)c3)[nH]n2)cc1OC. The Morgan fingerprint density at radius 3 is 2.61 bits per heavy atom. The second-order valence-corrected chi connectivity index (χ2v) is 6.80. The zero-order chi connectivity index (χ0) is 20.1. The number of halogens is 1. The first-order chi connectivity index (χ1) is 13.5. The van der Waals surface area contributed by atoms with E-state index in [1.807, 2.05) is 37.3 Å². The molecule has 7 nitrogen and oxygen atoms in total. The molecule has 8 heteroatoms. The molecule has 3 rings (SSSR count). The number of aromatic amines is 1.